The Morgan fingerprint density at radius 3 is 1.62 bits per heavy atom. The van der Waals surface area contributed by atoms with Gasteiger partial charge in [-0.2, -0.15) is 0 Å². The molecule has 3 aromatic heterocycles. The lowest BCUT2D eigenvalue weighted by atomic mass is 9.94. The van der Waals surface area contributed by atoms with Crippen molar-refractivity contribution >= 4 is 53.4 Å². The Kier molecular flexibility index (Phi) is 7.64. The minimum Gasteiger partial charge on any atom is -0.456 e. The third-order valence-electron chi connectivity index (χ3n) is 10.5. The highest BCUT2D eigenvalue weighted by atomic mass is 32.1. The minimum absolute atomic E-state index is 0.641. The predicted octanol–water partition coefficient (Wildman–Crippen LogP) is 14.1. The summed E-state index contributed by atoms with van der Waals surface area (Å²) >= 11 is 1.80. The summed E-state index contributed by atoms with van der Waals surface area (Å²) in [5.74, 6) is 1.93. The monoisotopic (exact) mass is 733 g/mol. The Bertz CT molecular complexity index is 3230. The zero-order valence-corrected chi connectivity index (χ0v) is 30.9. The maximum absolute atomic E-state index is 6.51. The van der Waals surface area contributed by atoms with Gasteiger partial charge < -0.3 is 4.42 Å². The molecule has 3 heterocycles. The van der Waals surface area contributed by atoms with Crippen LogP contribution in [0, 0.1) is 0 Å². The van der Waals surface area contributed by atoms with Crippen LogP contribution in [0.15, 0.2) is 192 Å². The van der Waals surface area contributed by atoms with E-state index in [-0.39, 0.29) is 0 Å². The largest absolute Gasteiger partial charge is 0.456 e. The number of aromatic nitrogens is 3. The number of fused-ring (bicyclic) bond motifs is 6. The number of hydrogen-bond donors (Lipinski definition) is 0. The van der Waals surface area contributed by atoms with E-state index in [1.165, 1.54) is 31.3 Å². The van der Waals surface area contributed by atoms with Gasteiger partial charge in [-0.1, -0.05) is 164 Å². The first kappa shape index (κ1) is 32.2. The van der Waals surface area contributed by atoms with Crippen molar-refractivity contribution in [1.29, 1.82) is 0 Å². The molecular formula is C51H31N3OS. The van der Waals surface area contributed by atoms with Crippen molar-refractivity contribution in [3.63, 3.8) is 0 Å². The highest BCUT2D eigenvalue weighted by Crippen LogP contribution is 2.45. The lowest BCUT2D eigenvalue weighted by Crippen LogP contribution is -2.00. The van der Waals surface area contributed by atoms with Crippen LogP contribution in [-0.4, -0.2) is 15.0 Å². The van der Waals surface area contributed by atoms with E-state index in [1.54, 1.807) is 11.3 Å². The third-order valence-corrected chi connectivity index (χ3v) is 11.8. The van der Waals surface area contributed by atoms with Crippen LogP contribution >= 0.6 is 11.3 Å². The van der Waals surface area contributed by atoms with Gasteiger partial charge in [-0.15, -0.1) is 11.3 Å². The molecule has 0 saturated carbocycles. The molecule has 11 rings (SSSR count). The fourth-order valence-corrected chi connectivity index (χ4v) is 9.09. The van der Waals surface area contributed by atoms with Gasteiger partial charge in [0.1, 0.15) is 11.2 Å². The number of thiophene rings is 1. The molecule has 0 amide bonds. The molecule has 11 aromatic rings. The van der Waals surface area contributed by atoms with Crippen LogP contribution in [-0.2, 0) is 0 Å². The number of hydrogen-bond acceptors (Lipinski definition) is 5. The molecule has 0 aliphatic rings. The first-order valence-electron chi connectivity index (χ1n) is 18.7. The van der Waals surface area contributed by atoms with Gasteiger partial charge in [0.25, 0.3) is 0 Å². The highest BCUT2D eigenvalue weighted by Gasteiger charge is 2.19. The first-order valence-corrected chi connectivity index (χ1v) is 19.5. The lowest BCUT2D eigenvalue weighted by molar-refractivity contribution is 0.669. The van der Waals surface area contributed by atoms with Gasteiger partial charge in [-0.3, -0.25) is 0 Å². The summed E-state index contributed by atoms with van der Waals surface area (Å²) in [6.45, 7) is 0. The lowest BCUT2D eigenvalue weighted by Gasteiger charge is -2.09. The van der Waals surface area contributed by atoms with E-state index >= 15 is 0 Å². The fourth-order valence-electron chi connectivity index (χ4n) is 7.81. The zero-order valence-electron chi connectivity index (χ0n) is 30.1. The average Bonchev–Trinajstić information content (AvgIpc) is 3.85. The summed E-state index contributed by atoms with van der Waals surface area (Å²) in [6.07, 6.45) is 0. The van der Waals surface area contributed by atoms with Crippen molar-refractivity contribution < 1.29 is 4.42 Å². The predicted molar refractivity (Wildman–Crippen MR) is 233 cm³/mol. The molecule has 0 fully saturated rings. The van der Waals surface area contributed by atoms with Crippen molar-refractivity contribution in [2.24, 2.45) is 0 Å². The van der Waals surface area contributed by atoms with E-state index < -0.39 is 0 Å². The summed E-state index contributed by atoms with van der Waals surface area (Å²) < 4.78 is 8.91. The summed E-state index contributed by atoms with van der Waals surface area (Å²) in [6, 6.07) is 65.6. The van der Waals surface area contributed by atoms with E-state index in [4.69, 9.17) is 19.4 Å². The Morgan fingerprint density at radius 2 is 0.893 bits per heavy atom. The van der Waals surface area contributed by atoms with E-state index in [2.05, 4.69) is 140 Å². The van der Waals surface area contributed by atoms with Crippen LogP contribution in [0.1, 0.15) is 0 Å². The summed E-state index contributed by atoms with van der Waals surface area (Å²) in [5.41, 5.74) is 11.6. The average molecular weight is 734 g/mol. The van der Waals surface area contributed by atoms with Gasteiger partial charge in [-0.25, -0.2) is 15.0 Å². The quantitative estimate of drug-likeness (QED) is 0.171. The van der Waals surface area contributed by atoms with Crippen molar-refractivity contribution in [1.82, 2.24) is 15.0 Å². The fraction of sp³-hybridized carbons (Fsp3) is 0. The van der Waals surface area contributed by atoms with Crippen molar-refractivity contribution in [3.05, 3.63) is 188 Å². The van der Waals surface area contributed by atoms with Gasteiger partial charge in [0, 0.05) is 47.6 Å². The van der Waals surface area contributed by atoms with Gasteiger partial charge in [0.2, 0.25) is 0 Å². The van der Waals surface area contributed by atoms with Gasteiger partial charge in [0.15, 0.2) is 17.5 Å². The summed E-state index contributed by atoms with van der Waals surface area (Å²) in [5, 5.41) is 4.70. The minimum atomic E-state index is 0.641. The van der Waals surface area contributed by atoms with Crippen molar-refractivity contribution in [2.75, 3.05) is 0 Å². The van der Waals surface area contributed by atoms with Crippen LogP contribution < -0.4 is 0 Å². The van der Waals surface area contributed by atoms with E-state index in [9.17, 15) is 0 Å². The molecular weight excluding hydrogens is 703 g/mol. The molecule has 0 unspecified atom stereocenters. The first-order chi connectivity index (χ1) is 27.7. The number of nitrogens with zero attached hydrogens (tertiary/aromatic N) is 3. The Hall–Kier alpha value is -7.21. The van der Waals surface area contributed by atoms with Crippen molar-refractivity contribution in [2.45, 2.75) is 0 Å². The molecule has 0 saturated heterocycles. The van der Waals surface area contributed by atoms with E-state index in [0.29, 0.717) is 17.5 Å². The maximum atomic E-state index is 6.51. The maximum Gasteiger partial charge on any atom is 0.164 e. The van der Waals surface area contributed by atoms with Gasteiger partial charge in [0.05, 0.1) is 0 Å². The van der Waals surface area contributed by atoms with E-state index in [0.717, 1.165) is 60.9 Å². The molecule has 0 aliphatic heterocycles. The number of benzene rings is 8. The Labute approximate surface area is 327 Å². The summed E-state index contributed by atoms with van der Waals surface area (Å²) in [4.78, 5) is 15.1. The normalized spacial score (nSPS) is 11.6. The van der Waals surface area contributed by atoms with Crippen molar-refractivity contribution in [3.8, 4) is 67.5 Å². The number of rotatable bonds is 6. The molecule has 5 heteroatoms. The molecule has 0 N–H and O–H groups in total. The molecule has 56 heavy (non-hydrogen) atoms. The third kappa shape index (κ3) is 5.56. The van der Waals surface area contributed by atoms with Crippen LogP contribution in [0.5, 0.6) is 0 Å². The molecule has 4 nitrogen and oxygen atoms in total. The van der Waals surface area contributed by atoms with Crippen LogP contribution in [0.25, 0.3) is 110 Å². The van der Waals surface area contributed by atoms with Gasteiger partial charge in [-0.05, 0) is 57.6 Å². The standard InChI is InChI=1S/C51H31N3OS/c1-4-13-32(14-5-1)33-23-25-36(26-24-33)50-52-49(35-17-8-3-9-18-35)53-51(54-50)37-27-28-40-41-21-12-20-39(48(41)56-46(40)31-37)38-29-43(34-15-6-2-7-16-34)47-42-19-10-11-22-44(42)55-45(47)30-38/h1-31H. The highest BCUT2D eigenvalue weighted by molar-refractivity contribution is 7.26. The Balaban J connectivity index is 1.05. The molecule has 0 spiro atoms. The second kappa shape index (κ2) is 13.3. The Morgan fingerprint density at radius 1 is 0.339 bits per heavy atom. The van der Waals surface area contributed by atoms with Crippen LogP contribution in [0.4, 0.5) is 0 Å². The van der Waals surface area contributed by atoms with E-state index in [1.807, 2.05) is 48.5 Å². The number of furan rings is 1. The number of para-hydroxylation sites is 1. The zero-order chi connectivity index (χ0) is 37.0. The molecule has 0 aliphatic carbocycles. The van der Waals surface area contributed by atoms with Crippen LogP contribution in [0.2, 0.25) is 0 Å². The van der Waals surface area contributed by atoms with Crippen LogP contribution in [0.3, 0.4) is 0 Å². The molecule has 0 radical (unpaired) electrons. The molecule has 0 atom stereocenters. The topological polar surface area (TPSA) is 51.8 Å². The molecule has 8 aromatic carbocycles. The van der Waals surface area contributed by atoms with Gasteiger partial charge >= 0.3 is 0 Å². The second-order valence-corrected chi connectivity index (χ2v) is 15.0. The second-order valence-electron chi connectivity index (χ2n) is 14.0. The smallest absolute Gasteiger partial charge is 0.164 e. The SMILES string of the molecule is c1ccc(-c2ccc(-c3nc(-c4ccccc4)nc(-c4ccc5c(c4)sc4c(-c6cc(-c7ccccc7)c7c(c6)oc6ccccc67)cccc45)n3)cc2)cc1. The summed E-state index contributed by atoms with van der Waals surface area (Å²) in [7, 11) is 0. The molecule has 262 valence electrons. The molecule has 0 bridgehead atoms.